The summed E-state index contributed by atoms with van der Waals surface area (Å²) in [6.45, 7) is 6.90. The summed E-state index contributed by atoms with van der Waals surface area (Å²) in [6, 6.07) is 3.48. The lowest BCUT2D eigenvalue weighted by atomic mass is 9.86. The van der Waals surface area contributed by atoms with Crippen molar-refractivity contribution in [3.63, 3.8) is 0 Å². The second kappa shape index (κ2) is 5.33. The standard InChI is InChI=1S/C14H23NS/c1-10-5-4-6-13(9-10)15-12(3)14-11(2)7-8-16-14/h7-8,10,12-13,15H,4-6,9H2,1-3H3. The van der Waals surface area contributed by atoms with Crippen LogP contribution in [0.3, 0.4) is 0 Å². The Morgan fingerprint density at radius 3 is 2.88 bits per heavy atom. The van der Waals surface area contributed by atoms with Crippen LogP contribution in [-0.2, 0) is 0 Å². The molecule has 1 aromatic heterocycles. The summed E-state index contributed by atoms with van der Waals surface area (Å²) in [5, 5.41) is 6.00. The molecule has 1 nitrogen and oxygen atoms in total. The molecule has 0 amide bonds. The molecular formula is C14H23NS. The van der Waals surface area contributed by atoms with Crippen LogP contribution in [0.1, 0.15) is 56.0 Å². The largest absolute Gasteiger partial charge is 0.307 e. The van der Waals surface area contributed by atoms with Crippen molar-refractivity contribution in [2.75, 3.05) is 0 Å². The van der Waals surface area contributed by atoms with Gasteiger partial charge in [0.25, 0.3) is 0 Å². The molecule has 1 saturated carbocycles. The van der Waals surface area contributed by atoms with Gasteiger partial charge in [0.2, 0.25) is 0 Å². The summed E-state index contributed by atoms with van der Waals surface area (Å²) in [7, 11) is 0. The zero-order chi connectivity index (χ0) is 11.5. The lowest BCUT2D eigenvalue weighted by Gasteiger charge is -2.30. The Morgan fingerprint density at radius 1 is 1.44 bits per heavy atom. The quantitative estimate of drug-likeness (QED) is 0.827. The normalized spacial score (nSPS) is 27.9. The Labute approximate surface area is 103 Å². The van der Waals surface area contributed by atoms with Gasteiger partial charge in [-0.05, 0) is 49.6 Å². The summed E-state index contributed by atoms with van der Waals surface area (Å²) in [5.41, 5.74) is 1.44. The van der Waals surface area contributed by atoms with Crippen LogP contribution in [0, 0.1) is 12.8 Å². The fourth-order valence-corrected chi connectivity index (χ4v) is 3.79. The maximum Gasteiger partial charge on any atom is 0.0390 e. The molecule has 1 heterocycles. The van der Waals surface area contributed by atoms with Gasteiger partial charge in [-0.3, -0.25) is 0 Å². The molecule has 90 valence electrons. The Hall–Kier alpha value is -0.340. The Balaban J connectivity index is 1.92. The minimum atomic E-state index is 0.523. The van der Waals surface area contributed by atoms with Gasteiger partial charge in [-0.2, -0.15) is 0 Å². The van der Waals surface area contributed by atoms with Crippen molar-refractivity contribution in [1.29, 1.82) is 0 Å². The van der Waals surface area contributed by atoms with E-state index < -0.39 is 0 Å². The third-order valence-corrected chi connectivity index (χ3v) is 4.92. The summed E-state index contributed by atoms with van der Waals surface area (Å²) in [6.07, 6.45) is 5.54. The minimum absolute atomic E-state index is 0.523. The number of aryl methyl sites for hydroxylation is 1. The molecule has 1 aromatic rings. The van der Waals surface area contributed by atoms with Crippen molar-refractivity contribution in [3.05, 3.63) is 21.9 Å². The highest BCUT2D eigenvalue weighted by Gasteiger charge is 2.21. The van der Waals surface area contributed by atoms with Gasteiger partial charge >= 0.3 is 0 Å². The van der Waals surface area contributed by atoms with E-state index in [2.05, 4.69) is 37.5 Å². The first kappa shape index (κ1) is 12.1. The zero-order valence-electron chi connectivity index (χ0n) is 10.6. The van der Waals surface area contributed by atoms with E-state index in [1.165, 1.54) is 36.1 Å². The van der Waals surface area contributed by atoms with Crippen molar-refractivity contribution < 1.29 is 0 Å². The predicted molar refractivity (Wildman–Crippen MR) is 72.0 cm³/mol. The van der Waals surface area contributed by atoms with Crippen molar-refractivity contribution in [2.45, 2.75) is 58.5 Å². The Kier molecular flexibility index (Phi) is 4.04. The molecule has 1 fully saturated rings. The van der Waals surface area contributed by atoms with E-state index in [9.17, 15) is 0 Å². The third kappa shape index (κ3) is 2.86. The molecule has 1 aliphatic rings. The SMILES string of the molecule is Cc1ccsc1C(C)NC1CCCC(C)C1. The van der Waals surface area contributed by atoms with Crippen LogP contribution in [0.5, 0.6) is 0 Å². The number of hydrogen-bond donors (Lipinski definition) is 1. The van der Waals surface area contributed by atoms with Crippen LogP contribution in [0.25, 0.3) is 0 Å². The van der Waals surface area contributed by atoms with Crippen molar-refractivity contribution in [1.82, 2.24) is 5.32 Å². The molecule has 2 rings (SSSR count). The van der Waals surface area contributed by atoms with Gasteiger partial charge in [0, 0.05) is 17.0 Å². The first-order chi connectivity index (χ1) is 7.66. The number of rotatable bonds is 3. The molecular weight excluding hydrogens is 214 g/mol. The molecule has 16 heavy (non-hydrogen) atoms. The fourth-order valence-electron chi connectivity index (χ4n) is 2.84. The van der Waals surface area contributed by atoms with Gasteiger partial charge in [0.05, 0.1) is 0 Å². The van der Waals surface area contributed by atoms with E-state index in [-0.39, 0.29) is 0 Å². The van der Waals surface area contributed by atoms with Gasteiger partial charge in [-0.25, -0.2) is 0 Å². The summed E-state index contributed by atoms with van der Waals surface area (Å²) in [5.74, 6) is 0.905. The molecule has 1 N–H and O–H groups in total. The van der Waals surface area contributed by atoms with Crippen molar-refractivity contribution >= 4 is 11.3 Å². The number of thiophene rings is 1. The van der Waals surface area contributed by atoms with Gasteiger partial charge in [-0.15, -0.1) is 11.3 Å². The van der Waals surface area contributed by atoms with E-state index in [1.807, 2.05) is 11.3 Å². The Morgan fingerprint density at radius 2 is 2.25 bits per heavy atom. The molecule has 0 saturated heterocycles. The van der Waals surface area contributed by atoms with E-state index >= 15 is 0 Å². The predicted octanol–water partition coefficient (Wildman–Crippen LogP) is 4.29. The van der Waals surface area contributed by atoms with E-state index in [1.54, 1.807) is 0 Å². The number of nitrogens with one attached hydrogen (secondary N) is 1. The van der Waals surface area contributed by atoms with Crippen LogP contribution in [-0.4, -0.2) is 6.04 Å². The van der Waals surface area contributed by atoms with Gasteiger partial charge in [0.1, 0.15) is 0 Å². The summed E-state index contributed by atoms with van der Waals surface area (Å²) in [4.78, 5) is 1.51. The van der Waals surface area contributed by atoms with Crippen molar-refractivity contribution in [3.8, 4) is 0 Å². The lowest BCUT2D eigenvalue weighted by molar-refractivity contribution is 0.286. The topological polar surface area (TPSA) is 12.0 Å². The zero-order valence-corrected chi connectivity index (χ0v) is 11.4. The smallest absolute Gasteiger partial charge is 0.0390 e. The molecule has 0 aromatic carbocycles. The third-order valence-electron chi connectivity index (χ3n) is 3.72. The Bertz CT molecular complexity index is 331. The van der Waals surface area contributed by atoms with Gasteiger partial charge < -0.3 is 5.32 Å². The van der Waals surface area contributed by atoms with E-state index in [0.717, 1.165) is 12.0 Å². The first-order valence-electron chi connectivity index (χ1n) is 6.47. The molecule has 1 aliphatic carbocycles. The minimum Gasteiger partial charge on any atom is -0.307 e. The molecule has 0 aliphatic heterocycles. The molecule has 3 atom stereocenters. The van der Waals surface area contributed by atoms with Gasteiger partial charge in [-0.1, -0.05) is 19.8 Å². The highest BCUT2D eigenvalue weighted by Crippen LogP contribution is 2.28. The van der Waals surface area contributed by atoms with Crippen LogP contribution in [0.2, 0.25) is 0 Å². The van der Waals surface area contributed by atoms with Crippen LogP contribution < -0.4 is 5.32 Å². The average Bonchev–Trinajstić information content (AvgIpc) is 2.64. The average molecular weight is 237 g/mol. The molecule has 0 spiro atoms. The van der Waals surface area contributed by atoms with Crippen LogP contribution >= 0.6 is 11.3 Å². The molecule has 0 bridgehead atoms. The maximum absolute atomic E-state index is 3.80. The molecule has 0 radical (unpaired) electrons. The highest BCUT2D eigenvalue weighted by atomic mass is 32.1. The van der Waals surface area contributed by atoms with Crippen molar-refractivity contribution in [2.24, 2.45) is 5.92 Å². The molecule has 3 unspecified atom stereocenters. The number of hydrogen-bond acceptors (Lipinski definition) is 2. The second-order valence-electron chi connectivity index (χ2n) is 5.32. The summed E-state index contributed by atoms with van der Waals surface area (Å²) < 4.78 is 0. The van der Waals surface area contributed by atoms with E-state index in [0.29, 0.717) is 6.04 Å². The molecule has 2 heteroatoms. The van der Waals surface area contributed by atoms with Crippen LogP contribution in [0.4, 0.5) is 0 Å². The second-order valence-corrected chi connectivity index (χ2v) is 6.27. The monoisotopic (exact) mass is 237 g/mol. The van der Waals surface area contributed by atoms with Crippen LogP contribution in [0.15, 0.2) is 11.4 Å². The van der Waals surface area contributed by atoms with E-state index in [4.69, 9.17) is 0 Å². The highest BCUT2D eigenvalue weighted by molar-refractivity contribution is 7.10. The maximum atomic E-state index is 3.80. The fraction of sp³-hybridized carbons (Fsp3) is 0.714. The van der Waals surface area contributed by atoms with Gasteiger partial charge in [0.15, 0.2) is 0 Å². The first-order valence-corrected chi connectivity index (χ1v) is 7.35. The summed E-state index contributed by atoms with van der Waals surface area (Å²) >= 11 is 1.88. The lowest BCUT2D eigenvalue weighted by Crippen LogP contribution is -2.35.